The molecule has 3 aliphatic heterocycles. The standard InChI is InChI=1S/C19H19N3O4/c23-17-9-25-15-6-7-16(20-18(15)21-17)22-10-19(11-24-12-19)26-8-14(22)13-4-2-1-3-5-13/h1-7,14H,8-12H2,(H,20,21,23)/t14-/m0/s1. The molecule has 4 heterocycles. The van der Waals surface area contributed by atoms with Crippen LogP contribution in [0.3, 0.4) is 0 Å². The summed E-state index contributed by atoms with van der Waals surface area (Å²) < 4.78 is 17.0. The molecule has 26 heavy (non-hydrogen) atoms. The Labute approximate surface area is 150 Å². The van der Waals surface area contributed by atoms with E-state index in [1.807, 2.05) is 30.3 Å². The Kier molecular flexibility index (Phi) is 3.58. The number of aromatic nitrogens is 1. The molecule has 2 saturated heterocycles. The predicted molar refractivity (Wildman–Crippen MR) is 94.4 cm³/mol. The Morgan fingerprint density at radius 1 is 1.15 bits per heavy atom. The largest absolute Gasteiger partial charge is 0.480 e. The van der Waals surface area contributed by atoms with Crippen LogP contribution in [0.2, 0.25) is 0 Å². The predicted octanol–water partition coefficient (Wildman–Crippen LogP) is 1.76. The molecule has 1 N–H and O–H groups in total. The summed E-state index contributed by atoms with van der Waals surface area (Å²) in [5.74, 6) is 1.67. The van der Waals surface area contributed by atoms with Gasteiger partial charge < -0.3 is 24.4 Å². The molecule has 0 aliphatic carbocycles. The molecule has 1 amide bonds. The summed E-state index contributed by atoms with van der Waals surface area (Å²) in [7, 11) is 0. The maximum atomic E-state index is 11.6. The molecule has 1 spiro atoms. The Morgan fingerprint density at radius 2 is 2.00 bits per heavy atom. The summed E-state index contributed by atoms with van der Waals surface area (Å²) in [4.78, 5) is 18.5. The molecule has 0 unspecified atom stereocenters. The Hall–Kier alpha value is -2.64. The molecule has 7 heteroatoms. The molecule has 1 aromatic carbocycles. The maximum absolute atomic E-state index is 11.6. The number of hydrogen-bond acceptors (Lipinski definition) is 6. The smallest absolute Gasteiger partial charge is 0.263 e. The molecule has 3 aliphatic rings. The fourth-order valence-corrected chi connectivity index (χ4v) is 3.62. The second-order valence-corrected chi connectivity index (χ2v) is 6.89. The molecule has 1 aromatic heterocycles. The molecular formula is C19H19N3O4. The van der Waals surface area contributed by atoms with E-state index >= 15 is 0 Å². The van der Waals surface area contributed by atoms with E-state index in [2.05, 4.69) is 27.3 Å². The first-order valence-electron chi connectivity index (χ1n) is 8.69. The van der Waals surface area contributed by atoms with Gasteiger partial charge in [0.25, 0.3) is 5.91 Å². The quantitative estimate of drug-likeness (QED) is 0.887. The van der Waals surface area contributed by atoms with Gasteiger partial charge in [-0.3, -0.25) is 4.79 Å². The number of nitrogens with zero attached hydrogens (tertiary/aromatic N) is 2. The maximum Gasteiger partial charge on any atom is 0.263 e. The second-order valence-electron chi connectivity index (χ2n) is 6.89. The van der Waals surface area contributed by atoms with Gasteiger partial charge in [-0.25, -0.2) is 4.98 Å². The van der Waals surface area contributed by atoms with Gasteiger partial charge in [-0.2, -0.15) is 0 Å². The van der Waals surface area contributed by atoms with E-state index in [1.165, 1.54) is 5.56 Å². The number of morpholine rings is 1. The van der Waals surface area contributed by atoms with E-state index < -0.39 is 0 Å². The van der Waals surface area contributed by atoms with Crippen molar-refractivity contribution in [3.8, 4) is 5.75 Å². The fourth-order valence-electron chi connectivity index (χ4n) is 3.62. The lowest BCUT2D eigenvalue weighted by molar-refractivity contribution is -0.218. The zero-order valence-corrected chi connectivity index (χ0v) is 14.2. The van der Waals surface area contributed by atoms with Crippen LogP contribution in [0.4, 0.5) is 11.6 Å². The van der Waals surface area contributed by atoms with Gasteiger partial charge in [-0.15, -0.1) is 0 Å². The monoisotopic (exact) mass is 353 g/mol. The minimum atomic E-state index is -0.275. The lowest BCUT2D eigenvalue weighted by Gasteiger charge is -2.51. The van der Waals surface area contributed by atoms with E-state index in [-0.39, 0.29) is 24.2 Å². The highest BCUT2D eigenvalue weighted by molar-refractivity contribution is 5.94. The SMILES string of the molecule is O=C1COc2ccc(N3CC4(COC4)OC[C@H]3c3ccccc3)nc2N1. The molecule has 1 atom stereocenters. The third-order valence-electron chi connectivity index (χ3n) is 5.05. The normalized spacial score (nSPS) is 23.6. The number of hydrogen-bond donors (Lipinski definition) is 1. The third-order valence-corrected chi connectivity index (χ3v) is 5.05. The van der Waals surface area contributed by atoms with E-state index in [9.17, 15) is 4.79 Å². The number of benzene rings is 1. The number of anilines is 2. The first-order valence-corrected chi connectivity index (χ1v) is 8.69. The Bertz CT molecular complexity index is 838. The van der Waals surface area contributed by atoms with Gasteiger partial charge in [-0.1, -0.05) is 30.3 Å². The van der Waals surface area contributed by atoms with Gasteiger partial charge in [0.15, 0.2) is 18.2 Å². The molecule has 2 fully saturated rings. The minimum Gasteiger partial charge on any atom is -0.480 e. The number of amides is 1. The van der Waals surface area contributed by atoms with Crippen LogP contribution in [0.15, 0.2) is 42.5 Å². The number of rotatable bonds is 2. The van der Waals surface area contributed by atoms with Crippen LogP contribution in [-0.4, -0.2) is 49.5 Å². The average Bonchev–Trinajstić information content (AvgIpc) is 2.66. The van der Waals surface area contributed by atoms with Crippen molar-refractivity contribution in [2.75, 3.05) is 43.2 Å². The highest BCUT2D eigenvalue weighted by Crippen LogP contribution is 2.39. The second kappa shape index (κ2) is 5.96. The number of fused-ring (bicyclic) bond motifs is 1. The Balaban J connectivity index is 1.52. The molecule has 2 aromatic rings. The van der Waals surface area contributed by atoms with Gasteiger partial charge in [-0.05, 0) is 17.7 Å². The summed E-state index contributed by atoms with van der Waals surface area (Å²) in [5, 5.41) is 2.79. The van der Waals surface area contributed by atoms with E-state index in [1.54, 1.807) is 0 Å². The molecule has 0 radical (unpaired) electrons. The fraction of sp³-hybridized carbons (Fsp3) is 0.368. The average molecular weight is 353 g/mol. The molecule has 0 bridgehead atoms. The number of ether oxygens (including phenoxy) is 3. The van der Waals surface area contributed by atoms with Crippen molar-refractivity contribution in [1.82, 2.24) is 4.98 Å². The van der Waals surface area contributed by atoms with Crippen molar-refractivity contribution in [2.45, 2.75) is 11.6 Å². The van der Waals surface area contributed by atoms with Crippen molar-refractivity contribution < 1.29 is 19.0 Å². The van der Waals surface area contributed by atoms with Gasteiger partial charge >= 0.3 is 0 Å². The first kappa shape index (κ1) is 15.6. The zero-order chi connectivity index (χ0) is 17.6. The van der Waals surface area contributed by atoms with E-state index in [0.29, 0.717) is 37.9 Å². The van der Waals surface area contributed by atoms with Gasteiger partial charge in [0, 0.05) is 0 Å². The third kappa shape index (κ3) is 2.60. The van der Waals surface area contributed by atoms with Crippen LogP contribution in [0.1, 0.15) is 11.6 Å². The van der Waals surface area contributed by atoms with Crippen LogP contribution in [-0.2, 0) is 14.3 Å². The molecule has 5 rings (SSSR count). The van der Waals surface area contributed by atoms with E-state index in [0.717, 1.165) is 5.82 Å². The van der Waals surface area contributed by atoms with Crippen molar-refractivity contribution in [3.05, 3.63) is 48.0 Å². The summed E-state index contributed by atoms with van der Waals surface area (Å²) >= 11 is 0. The summed E-state index contributed by atoms with van der Waals surface area (Å²) in [5.41, 5.74) is 0.894. The Morgan fingerprint density at radius 3 is 2.77 bits per heavy atom. The highest BCUT2D eigenvalue weighted by Gasteiger charge is 2.47. The highest BCUT2D eigenvalue weighted by atomic mass is 16.6. The van der Waals surface area contributed by atoms with Gasteiger partial charge in [0.1, 0.15) is 11.4 Å². The van der Waals surface area contributed by atoms with Crippen molar-refractivity contribution in [3.63, 3.8) is 0 Å². The lowest BCUT2D eigenvalue weighted by atomic mass is 9.95. The number of nitrogens with one attached hydrogen (secondary N) is 1. The van der Waals surface area contributed by atoms with Gasteiger partial charge in [0.05, 0.1) is 32.4 Å². The summed E-state index contributed by atoms with van der Waals surface area (Å²) in [6.07, 6.45) is 0. The topological polar surface area (TPSA) is 72.9 Å². The van der Waals surface area contributed by atoms with Crippen LogP contribution in [0.5, 0.6) is 5.75 Å². The number of pyridine rings is 1. The van der Waals surface area contributed by atoms with E-state index in [4.69, 9.17) is 14.2 Å². The van der Waals surface area contributed by atoms with Crippen molar-refractivity contribution >= 4 is 17.5 Å². The van der Waals surface area contributed by atoms with Crippen LogP contribution in [0.25, 0.3) is 0 Å². The van der Waals surface area contributed by atoms with Crippen molar-refractivity contribution in [1.29, 1.82) is 0 Å². The summed E-state index contributed by atoms with van der Waals surface area (Å²) in [6, 6.07) is 14.1. The van der Waals surface area contributed by atoms with Gasteiger partial charge in [0.2, 0.25) is 0 Å². The summed E-state index contributed by atoms with van der Waals surface area (Å²) in [6.45, 7) is 2.46. The molecule has 7 nitrogen and oxygen atoms in total. The first-order chi connectivity index (χ1) is 12.7. The number of carbonyl (C=O) groups is 1. The van der Waals surface area contributed by atoms with Crippen LogP contribution < -0.4 is 15.0 Å². The molecule has 134 valence electrons. The van der Waals surface area contributed by atoms with Crippen molar-refractivity contribution in [2.24, 2.45) is 0 Å². The zero-order valence-electron chi connectivity index (χ0n) is 14.2. The minimum absolute atomic E-state index is 0.0265. The molecule has 0 saturated carbocycles. The number of carbonyl (C=O) groups excluding carboxylic acids is 1. The molecular weight excluding hydrogens is 334 g/mol. The van der Waals surface area contributed by atoms with Crippen LogP contribution in [0, 0.1) is 0 Å². The van der Waals surface area contributed by atoms with Crippen LogP contribution >= 0.6 is 0 Å². The lowest BCUT2D eigenvalue weighted by Crippen LogP contribution is -2.63.